The van der Waals surface area contributed by atoms with Crippen LogP contribution in [0.1, 0.15) is 32.6 Å². The van der Waals surface area contributed by atoms with Crippen molar-refractivity contribution in [3.8, 4) is 0 Å². The maximum absolute atomic E-state index is 5.30. The zero-order valence-corrected chi connectivity index (χ0v) is 13.3. The number of hydrogen-bond donors (Lipinski definition) is 1. The molecule has 1 N–H and O–H groups in total. The van der Waals surface area contributed by atoms with E-state index >= 15 is 0 Å². The molecule has 1 aromatic rings. The van der Waals surface area contributed by atoms with E-state index < -0.39 is 0 Å². The van der Waals surface area contributed by atoms with Crippen LogP contribution in [-0.4, -0.2) is 52.9 Å². The van der Waals surface area contributed by atoms with Crippen molar-refractivity contribution in [3.63, 3.8) is 0 Å². The Labute approximate surface area is 120 Å². The molecule has 108 valence electrons. The molecule has 1 aliphatic rings. The normalized spacial score (nSPS) is 17.5. The van der Waals surface area contributed by atoms with Crippen LogP contribution in [-0.2, 0) is 6.54 Å². The summed E-state index contributed by atoms with van der Waals surface area (Å²) in [5.74, 6) is 0.958. The molecule has 1 aromatic heterocycles. The molecule has 1 saturated carbocycles. The van der Waals surface area contributed by atoms with E-state index in [1.54, 1.807) is 0 Å². The van der Waals surface area contributed by atoms with Crippen molar-refractivity contribution >= 4 is 18.2 Å². The van der Waals surface area contributed by atoms with E-state index in [-0.39, 0.29) is 0 Å². The van der Waals surface area contributed by atoms with Gasteiger partial charge in [-0.15, -0.1) is 5.10 Å². The summed E-state index contributed by atoms with van der Waals surface area (Å²) < 4.78 is 2.81. The van der Waals surface area contributed by atoms with E-state index in [4.69, 9.17) is 12.2 Å². The highest BCUT2D eigenvalue weighted by molar-refractivity contribution is 7.71. The van der Waals surface area contributed by atoms with Gasteiger partial charge in [0, 0.05) is 25.7 Å². The summed E-state index contributed by atoms with van der Waals surface area (Å²) >= 11 is 5.30. The minimum Gasteiger partial charge on any atom is -0.342 e. The molecule has 19 heavy (non-hydrogen) atoms. The number of nitrogens with one attached hydrogen (secondary N) is 1. The van der Waals surface area contributed by atoms with Gasteiger partial charge in [0.2, 0.25) is 5.95 Å². The number of nitrogens with zero attached hydrogens (tertiary/aromatic N) is 4. The van der Waals surface area contributed by atoms with Crippen molar-refractivity contribution in [1.29, 1.82) is 0 Å². The second-order valence-corrected chi connectivity index (χ2v) is 6.20. The second-order valence-electron chi connectivity index (χ2n) is 5.81. The average molecular weight is 283 g/mol. The summed E-state index contributed by atoms with van der Waals surface area (Å²) in [5.41, 5.74) is 0.305. The summed E-state index contributed by atoms with van der Waals surface area (Å²) in [7, 11) is 6.47. The fourth-order valence-electron chi connectivity index (χ4n) is 2.87. The van der Waals surface area contributed by atoms with Crippen molar-refractivity contribution in [2.45, 2.75) is 44.7 Å². The van der Waals surface area contributed by atoms with Crippen molar-refractivity contribution < 1.29 is 0 Å². The summed E-state index contributed by atoms with van der Waals surface area (Å²) in [4.78, 5) is 4.60. The molecule has 0 unspecified atom stereocenters. The number of aromatic nitrogens is 3. The van der Waals surface area contributed by atoms with Crippen LogP contribution < -0.4 is 4.90 Å². The molecule has 0 radical (unpaired) electrons. The Morgan fingerprint density at radius 1 is 1.37 bits per heavy atom. The maximum atomic E-state index is 5.30. The molecule has 1 aliphatic carbocycles. The summed E-state index contributed by atoms with van der Waals surface area (Å²) in [6.07, 6.45) is 4.92. The summed E-state index contributed by atoms with van der Waals surface area (Å²) in [6, 6.07) is 0. The Morgan fingerprint density at radius 3 is 2.53 bits per heavy atom. The number of aromatic amines is 1. The Kier molecular flexibility index (Phi) is 4.30. The third-order valence-electron chi connectivity index (χ3n) is 4.29. The monoisotopic (exact) mass is 283 g/mol. The number of H-pyrrole nitrogens is 1. The standard InChI is InChI=1S/C13H25N5S/c1-5-9-18-11(14-15-12(18)19)17(4)10-13(16(2)3)7-6-8-13/h5-10H2,1-4H3,(H,15,19). The molecule has 0 aliphatic heterocycles. The van der Waals surface area contributed by atoms with E-state index in [1.165, 1.54) is 19.3 Å². The molecule has 6 heteroatoms. The molecular formula is C13H25N5S. The first-order valence-corrected chi connectivity index (χ1v) is 7.45. The van der Waals surface area contributed by atoms with Gasteiger partial charge < -0.3 is 9.80 Å². The van der Waals surface area contributed by atoms with Gasteiger partial charge in [0.15, 0.2) is 4.77 Å². The van der Waals surface area contributed by atoms with Gasteiger partial charge >= 0.3 is 0 Å². The van der Waals surface area contributed by atoms with Gasteiger partial charge in [-0.05, 0) is 52.0 Å². The van der Waals surface area contributed by atoms with Gasteiger partial charge in [0.25, 0.3) is 0 Å². The molecule has 1 fully saturated rings. The minimum atomic E-state index is 0.305. The fraction of sp³-hybridized carbons (Fsp3) is 0.846. The lowest BCUT2D eigenvalue weighted by molar-refractivity contribution is 0.0679. The highest BCUT2D eigenvalue weighted by atomic mass is 32.1. The van der Waals surface area contributed by atoms with Crippen LogP contribution in [0.2, 0.25) is 0 Å². The van der Waals surface area contributed by atoms with Gasteiger partial charge in [0.05, 0.1) is 0 Å². The Hall–Kier alpha value is -0.880. The quantitative estimate of drug-likeness (QED) is 0.813. The molecular weight excluding hydrogens is 258 g/mol. The van der Waals surface area contributed by atoms with Crippen LogP contribution in [0.15, 0.2) is 0 Å². The number of anilines is 1. The second kappa shape index (κ2) is 5.63. The van der Waals surface area contributed by atoms with E-state index in [0.717, 1.165) is 30.2 Å². The van der Waals surface area contributed by atoms with Gasteiger partial charge in [-0.2, -0.15) is 0 Å². The molecule has 0 atom stereocenters. The van der Waals surface area contributed by atoms with Gasteiger partial charge in [-0.3, -0.25) is 4.57 Å². The lowest BCUT2D eigenvalue weighted by Gasteiger charge is -2.49. The largest absolute Gasteiger partial charge is 0.342 e. The van der Waals surface area contributed by atoms with E-state index in [9.17, 15) is 0 Å². The maximum Gasteiger partial charge on any atom is 0.225 e. The van der Waals surface area contributed by atoms with E-state index in [1.807, 2.05) is 0 Å². The molecule has 0 spiro atoms. The van der Waals surface area contributed by atoms with Gasteiger partial charge in [-0.25, -0.2) is 5.10 Å². The van der Waals surface area contributed by atoms with Gasteiger partial charge in [0.1, 0.15) is 0 Å². The molecule has 0 aromatic carbocycles. The molecule has 2 rings (SSSR count). The topological polar surface area (TPSA) is 40.1 Å². The van der Waals surface area contributed by atoms with Crippen LogP contribution in [0, 0.1) is 4.77 Å². The van der Waals surface area contributed by atoms with Crippen molar-refractivity contribution in [2.75, 3.05) is 32.6 Å². The smallest absolute Gasteiger partial charge is 0.225 e. The van der Waals surface area contributed by atoms with E-state index in [0.29, 0.717) is 5.54 Å². The van der Waals surface area contributed by atoms with Crippen molar-refractivity contribution in [3.05, 3.63) is 4.77 Å². The van der Waals surface area contributed by atoms with Crippen LogP contribution in [0.3, 0.4) is 0 Å². The fourth-order valence-corrected chi connectivity index (χ4v) is 3.09. The summed E-state index contributed by atoms with van der Waals surface area (Å²) in [6.45, 7) is 4.08. The first-order valence-electron chi connectivity index (χ1n) is 7.04. The SMILES string of the molecule is CCCn1c(N(C)CC2(N(C)C)CCC2)n[nH]c1=S. The molecule has 5 nitrogen and oxygen atoms in total. The van der Waals surface area contributed by atoms with Crippen LogP contribution in [0.25, 0.3) is 0 Å². The number of likely N-dealkylation sites (N-methyl/N-ethyl adjacent to an activating group) is 2. The van der Waals surface area contributed by atoms with Crippen LogP contribution >= 0.6 is 12.2 Å². The van der Waals surface area contributed by atoms with Crippen molar-refractivity contribution in [1.82, 2.24) is 19.7 Å². The number of rotatable bonds is 6. The molecule has 0 amide bonds. The zero-order chi connectivity index (χ0) is 14.0. The van der Waals surface area contributed by atoms with E-state index in [2.05, 4.69) is 52.6 Å². The molecule has 0 bridgehead atoms. The Balaban J connectivity index is 2.16. The molecule has 0 saturated heterocycles. The third-order valence-corrected chi connectivity index (χ3v) is 4.60. The summed E-state index contributed by atoms with van der Waals surface area (Å²) in [5, 5.41) is 7.30. The average Bonchev–Trinajstić information content (AvgIpc) is 2.66. The van der Waals surface area contributed by atoms with Gasteiger partial charge in [-0.1, -0.05) is 6.92 Å². The highest BCUT2D eigenvalue weighted by Crippen LogP contribution is 2.37. The zero-order valence-electron chi connectivity index (χ0n) is 12.4. The Bertz CT molecular complexity index is 472. The Morgan fingerprint density at radius 2 is 2.05 bits per heavy atom. The molecule has 1 heterocycles. The first kappa shape index (κ1) is 14.5. The van der Waals surface area contributed by atoms with Crippen LogP contribution in [0.4, 0.5) is 5.95 Å². The lowest BCUT2D eigenvalue weighted by Crippen LogP contribution is -2.57. The number of hydrogen-bond acceptors (Lipinski definition) is 4. The lowest BCUT2D eigenvalue weighted by atomic mass is 9.75. The van der Waals surface area contributed by atoms with Crippen molar-refractivity contribution in [2.24, 2.45) is 0 Å². The predicted octanol–water partition coefficient (Wildman–Crippen LogP) is 2.27. The minimum absolute atomic E-state index is 0.305. The predicted molar refractivity (Wildman–Crippen MR) is 81.2 cm³/mol. The first-order chi connectivity index (χ1) is 9.00. The highest BCUT2D eigenvalue weighted by Gasteiger charge is 2.40. The van der Waals surface area contributed by atoms with Crippen LogP contribution in [0.5, 0.6) is 0 Å². The third kappa shape index (κ3) is 2.69.